The highest BCUT2D eigenvalue weighted by Gasteiger charge is 2.76. The van der Waals surface area contributed by atoms with Gasteiger partial charge in [0, 0.05) is 10.2 Å². The molecule has 1 spiro atoms. The Hall–Kier alpha value is -4.28. The maximum absolute atomic E-state index is 14.8. The maximum atomic E-state index is 14.8. The SMILES string of the molecule is COC(=O)C1=C(C(=O)OC)C2(C(=O)N(Cc3ccccc3)c3cc(Br)ccc32)C(C#N)(C#N)C1=NC(C)(C)C. The number of rotatable bonds is 4. The first-order valence-corrected chi connectivity index (χ1v) is 12.7. The molecular weight excluding hydrogens is 564 g/mol. The fourth-order valence-electron chi connectivity index (χ4n) is 5.29. The Morgan fingerprint density at radius 1 is 1.03 bits per heavy atom. The van der Waals surface area contributed by atoms with Crippen molar-refractivity contribution < 1.29 is 23.9 Å². The number of benzene rings is 2. The van der Waals surface area contributed by atoms with Crippen molar-refractivity contribution in [1.82, 2.24) is 0 Å². The number of aliphatic imine (C=N–C) groups is 1. The molecule has 4 rings (SSSR count). The second-order valence-corrected chi connectivity index (χ2v) is 11.0. The summed E-state index contributed by atoms with van der Waals surface area (Å²) in [5.74, 6) is -2.80. The smallest absolute Gasteiger partial charge is 0.340 e. The fraction of sp³-hybridized carbons (Fsp3) is 0.310. The van der Waals surface area contributed by atoms with Gasteiger partial charge in [0.2, 0.25) is 11.3 Å². The highest BCUT2D eigenvalue weighted by molar-refractivity contribution is 9.10. The Kier molecular flexibility index (Phi) is 6.97. The van der Waals surface area contributed by atoms with E-state index in [2.05, 4.69) is 20.9 Å². The number of esters is 2. The van der Waals surface area contributed by atoms with Crippen LogP contribution in [0, 0.1) is 28.1 Å². The second kappa shape index (κ2) is 9.79. The quantitative estimate of drug-likeness (QED) is 0.489. The summed E-state index contributed by atoms with van der Waals surface area (Å²) in [5, 5.41) is 21.5. The summed E-state index contributed by atoms with van der Waals surface area (Å²) in [6, 6.07) is 18.1. The number of methoxy groups -OCH3 is 2. The van der Waals surface area contributed by atoms with Crippen molar-refractivity contribution >= 4 is 45.2 Å². The minimum absolute atomic E-state index is 0.0750. The molecule has 39 heavy (non-hydrogen) atoms. The van der Waals surface area contributed by atoms with E-state index >= 15 is 0 Å². The van der Waals surface area contributed by atoms with Crippen LogP contribution in [0.4, 0.5) is 5.69 Å². The molecule has 1 aliphatic heterocycles. The lowest BCUT2D eigenvalue weighted by atomic mass is 9.60. The largest absolute Gasteiger partial charge is 0.466 e. The Morgan fingerprint density at radius 3 is 2.18 bits per heavy atom. The fourth-order valence-corrected chi connectivity index (χ4v) is 5.64. The Labute approximate surface area is 234 Å². The van der Waals surface area contributed by atoms with Crippen molar-refractivity contribution in [2.24, 2.45) is 10.4 Å². The maximum Gasteiger partial charge on any atom is 0.340 e. The molecule has 1 unspecified atom stereocenters. The second-order valence-electron chi connectivity index (χ2n) is 10.1. The van der Waals surface area contributed by atoms with Gasteiger partial charge in [0.25, 0.3) is 0 Å². The topological polar surface area (TPSA) is 133 Å². The number of nitriles is 2. The zero-order valence-electron chi connectivity index (χ0n) is 22.0. The van der Waals surface area contributed by atoms with Crippen LogP contribution in [0.5, 0.6) is 0 Å². The van der Waals surface area contributed by atoms with Gasteiger partial charge in [-0.3, -0.25) is 9.79 Å². The minimum atomic E-state index is -2.40. The van der Waals surface area contributed by atoms with E-state index in [1.165, 1.54) is 4.90 Å². The molecule has 198 valence electrons. The van der Waals surface area contributed by atoms with E-state index in [0.29, 0.717) is 10.2 Å². The van der Waals surface area contributed by atoms with Crippen molar-refractivity contribution in [1.29, 1.82) is 10.5 Å². The molecule has 0 N–H and O–H groups in total. The lowest BCUT2D eigenvalue weighted by molar-refractivity contribution is -0.140. The van der Waals surface area contributed by atoms with Crippen LogP contribution in [0.1, 0.15) is 31.9 Å². The molecule has 1 amide bonds. The third kappa shape index (κ3) is 3.95. The van der Waals surface area contributed by atoms with Gasteiger partial charge in [-0.15, -0.1) is 0 Å². The molecule has 0 saturated carbocycles. The number of carbonyl (C=O) groups excluding carboxylic acids is 3. The highest BCUT2D eigenvalue weighted by atomic mass is 79.9. The molecule has 9 nitrogen and oxygen atoms in total. The number of hydrogen-bond acceptors (Lipinski definition) is 8. The van der Waals surface area contributed by atoms with E-state index in [0.717, 1.165) is 19.8 Å². The molecule has 1 heterocycles. The van der Waals surface area contributed by atoms with Gasteiger partial charge in [0.05, 0.1) is 55.3 Å². The van der Waals surface area contributed by atoms with Crippen LogP contribution in [0.15, 0.2) is 69.1 Å². The third-order valence-corrected chi connectivity index (χ3v) is 7.24. The van der Waals surface area contributed by atoms with Crippen LogP contribution in [-0.2, 0) is 35.8 Å². The van der Waals surface area contributed by atoms with E-state index in [1.54, 1.807) is 39.0 Å². The summed E-state index contributed by atoms with van der Waals surface area (Å²) in [7, 11) is 2.20. The lowest BCUT2D eigenvalue weighted by Gasteiger charge is -2.34. The van der Waals surface area contributed by atoms with Crippen molar-refractivity contribution in [2.45, 2.75) is 38.3 Å². The molecule has 2 aromatic rings. The van der Waals surface area contributed by atoms with Gasteiger partial charge in [0.1, 0.15) is 5.41 Å². The molecule has 0 fully saturated rings. The van der Waals surface area contributed by atoms with Gasteiger partial charge in [-0.25, -0.2) is 9.59 Å². The number of fused-ring (bicyclic) bond motifs is 2. The standard InChI is InChI=1S/C29H25BrN4O5/c1-27(2,3)33-23-21(24(35)38-4)22(25(36)39-5)29(28(23,15-31)16-32)19-12-11-18(30)13-20(19)34(26(29)37)14-17-9-7-6-8-10-17/h6-13H,14H2,1-5H3. The minimum Gasteiger partial charge on any atom is -0.466 e. The first-order chi connectivity index (χ1) is 18.4. The number of carbonyl (C=O) groups is 3. The molecule has 10 heteroatoms. The monoisotopic (exact) mass is 588 g/mol. The van der Waals surface area contributed by atoms with Gasteiger partial charge < -0.3 is 14.4 Å². The molecule has 2 aliphatic rings. The molecule has 0 aromatic heterocycles. The highest BCUT2D eigenvalue weighted by Crippen LogP contribution is 2.62. The Bertz CT molecular complexity index is 1530. The van der Waals surface area contributed by atoms with Crippen LogP contribution in [0.25, 0.3) is 0 Å². The lowest BCUT2D eigenvalue weighted by Crippen LogP contribution is -2.54. The Morgan fingerprint density at radius 2 is 1.64 bits per heavy atom. The van der Waals surface area contributed by atoms with Gasteiger partial charge in [-0.1, -0.05) is 52.3 Å². The molecule has 0 radical (unpaired) electrons. The van der Waals surface area contributed by atoms with Gasteiger partial charge in [0.15, 0.2) is 0 Å². The van der Waals surface area contributed by atoms with Crippen molar-refractivity contribution in [2.75, 3.05) is 19.1 Å². The average molecular weight is 589 g/mol. The predicted molar refractivity (Wildman–Crippen MR) is 145 cm³/mol. The van der Waals surface area contributed by atoms with Crippen molar-refractivity contribution in [3.63, 3.8) is 0 Å². The van der Waals surface area contributed by atoms with Crippen LogP contribution >= 0.6 is 15.9 Å². The molecule has 2 aromatic carbocycles. The molecule has 1 atom stereocenters. The molecular formula is C29H25BrN4O5. The average Bonchev–Trinajstić information content (AvgIpc) is 3.29. The van der Waals surface area contributed by atoms with E-state index < -0.39 is 45.4 Å². The summed E-state index contributed by atoms with van der Waals surface area (Å²) in [5.41, 5.74) is -5.42. The summed E-state index contributed by atoms with van der Waals surface area (Å²) >= 11 is 3.44. The Balaban J connectivity index is 2.22. The van der Waals surface area contributed by atoms with E-state index in [9.17, 15) is 24.9 Å². The summed E-state index contributed by atoms with van der Waals surface area (Å²) in [4.78, 5) is 47.7. The summed E-state index contributed by atoms with van der Waals surface area (Å²) < 4.78 is 10.7. The van der Waals surface area contributed by atoms with Gasteiger partial charge in [-0.05, 0) is 44.0 Å². The zero-order valence-corrected chi connectivity index (χ0v) is 23.6. The third-order valence-electron chi connectivity index (χ3n) is 6.75. The summed E-state index contributed by atoms with van der Waals surface area (Å²) in [6.07, 6.45) is 0. The molecule has 1 aliphatic carbocycles. The number of halogens is 1. The summed E-state index contributed by atoms with van der Waals surface area (Å²) in [6.45, 7) is 5.20. The first-order valence-electron chi connectivity index (χ1n) is 11.9. The van der Waals surface area contributed by atoms with Crippen LogP contribution in [-0.4, -0.2) is 43.3 Å². The number of nitrogens with zero attached hydrogens (tertiary/aromatic N) is 4. The van der Waals surface area contributed by atoms with Crippen molar-refractivity contribution in [3.05, 3.63) is 75.3 Å². The van der Waals surface area contributed by atoms with Crippen LogP contribution in [0.2, 0.25) is 0 Å². The van der Waals surface area contributed by atoms with Gasteiger partial charge in [-0.2, -0.15) is 10.5 Å². The van der Waals surface area contributed by atoms with Crippen LogP contribution < -0.4 is 4.90 Å². The van der Waals surface area contributed by atoms with E-state index in [1.807, 2.05) is 42.5 Å². The van der Waals surface area contributed by atoms with E-state index in [-0.39, 0.29) is 17.8 Å². The normalized spacial score (nSPS) is 20.6. The molecule has 0 saturated heterocycles. The van der Waals surface area contributed by atoms with E-state index in [4.69, 9.17) is 9.47 Å². The predicted octanol–water partition coefficient (Wildman–Crippen LogP) is 4.16. The van der Waals surface area contributed by atoms with Crippen LogP contribution in [0.3, 0.4) is 0 Å². The zero-order chi connectivity index (χ0) is 28.8. The number of hydrogen-bond donors (Lipinski definition) is 0. The van der Waals surface area contributed by atoms with Crippen molar-refractivity contribution in [3.8, 4) is 12.1 Å². The first kappa shape index (κ1) is 27.7. The van der Waals surface area contributed by atoms with Gasteiger partial charge >= 0.3 is 11.9 Å². The number of ether oxygens (including phenoxy) is 2. The molecule has 0 bridgehead atoms. The number of anilines is 1. The number of amides is 1.